The number of amides is 4. The Labute approximate surface area is 417 Å². The zero-order chi connectivity index (χ0) is 51.1. The Hall–Kier alpha value is -6.10. The number of phenolic OH excluding ortho intramolecular Hbond substituents is 1. The molecule has 0 spiro atoms. The fourth-order valence-electron chi connectivity index (χ4n) is 11.2. The predicted octanol–water partition coefficient (Wildman–Crippen LogP) is 5.96. The Morgan fingerprint density at radius 3 is 2.56 bits per heavy atom. The normalized spacial score (nSPS) is 21.6. The number of pyridine rings is 1. The highest BCUT2D eigenvalue weighted by atomic mass is 16.5. The first-order valence-corrected chi connectivity index (χ1v) is 25.3. The molecular weight excluding hydrogens is 901 g/mol. The van der Waals surface area contributed by atoms with Crippen molar-refractivity contribution in [3.05, 3.63) is 83.2 Å². The number of esters is 1. The summed E-state index contributed by atoms with van der Waals surface area (Å²) in [6.45, 7) is 19.0. The number of methoxy groups -OCH3 is 1. The van der Waals surface area contributed by atoms with Crippen LogP contribution in [0.5, 0.6) is 5.75 Å². The summed E-state index contributed by atoms with van der Waals surface area (Å²) in [6.07, 6.45) is 3.72. The number of carbonyl (C=O) groups excluding carboxylic acids is 5. The number of likely N-dealkylation sites (tertiary alicyclic amines) is 1. The van der Waals surface area contributed by atoms with Gasteiger partial charge in [-0.3, -0.25) is 34.0 Å². The molecule has 0 aliphatic carbocycles. The quantitative estimate of drug-likeness (QED) is 0.126. The summed E-state index contributed by atoms with van der Waals surface area (Å²) in [5.74, 6) is -2.85. The predicted molar refractivity (Wildman–Crippen MR) is 272 cm³/mol. The summed E-state index contributed by atoms with van der Waals surface area (Å²) in [4.78, 5) is 80.5. The topological polar surface area (TPSA) is 179 Å². The van der Waals surface area contributed by atoms with Gasteiger partial charge in [-0.15, -0.1) is 0 Å². The number of carbonyl (C=O) groups is 5. The lowest BCUT2D eigenvalue weighted by Crippen LogP contribution is -2.62. The number of hydrogen-bond acceptors (Lipinski definition) is 11. The van der Waals surface area contributed by atoms with E-state index in [9.17, 15) is 29.1 Å². The Morgan fingerprint density at radius 2 is 1.85 bits per heavy atom. The summed E-state index contributed by atoms with van der Waals surface area (Å²) in [5.41, 5.74) is 12.0. The van der Waals surface area contributed by atoms with E-state index < -0.39 is 47.2 Å². The molecule has 0 radical (unpaired) electrons. The van der Waals surface area contributed by atoms with E-state index in [1.54, 1.807) is 31.2 Å². The number of phenols is 1. The minimum absolute atomic E-state index is 0.00849. The molecule has 4 aliphatic rings. The standard InChI is InChI=1S/C55H72N8O8/c1-11-47(65)61-21-17-36(30-61)52(67)60(9)49(32(3)4)51(66)57-45-24-34-22-37(25-39(64)23-34)35-15-16-46-40(26-35)42(28-55(6,7)31-71-54(69)44-14-13-19-63(58-44)53(45)68)50(62(46)12-2)41-27-38-29-59(8)20-18-43(38)56-48(41)33(5)70-10/h11,15-16,22-23,25-27,32-33,36,44-45,49,58,64H,1,12-14,17-21,24,28-31H2,2-10H3,(H,57,66)/t33-,36-,44-,45-,49?/m0/s1. The molecule has 0 saturated carbocycles. The Balaban J connectivity index is 1.22. The zero-order valence-electron chi connectivity index (χ0n) is 43.0. The van der Waals surface area contributed by atoms with E-state index in [2.05, 4.69) is 72.8 Å². The molecule has 4 aromatic rings. The molecule has 6 heterocycles. The number of hydrogen-bond donors (Lipinski definition) is 3. The second-order valence-corrected chi connectivity index (χ2v) is 21.2. The number of rotatable bonds is 10. The average molecular weight is 973 g/mol. The van der Waals surface area contributed by atoms with Gasteiger partial charge < -0.3 is 39.2 Å². The first kappa shape index (κ1) is 51.3. The fourth-order valence-corrected chi connectivity index (χ4v) is 11.2. The molecule has 8 rings (SSSR count). The van der Waals surface area contributed by atoms with Crippen LogP contribution in [0.2, 0.25) is 0 Å². The molecule has 2 aromatic carbocycles. The highest BCUT2D eigenvalue weighted by molar-refractivity contribution is 5.96. The van der Waals surface area contributed by atoms with Gasteiger partial charge in [0, 0.05) is 93.8 Å². The van der Waals surface area contributed by atoms with Crippen molar-refractivity contribution < 1.29 is 38.6 Å². The van der Waals surface area contributed by atoms with Crippen molar-refractivity contribution in [2.45, 2.75) is 117 Å². The third kappa shape index (κ3) is 10.6. The molecule has 2 aromatic heterocycles. The minimum Gasteiger partial charge on any atom is -0.508 e. The molecule has 5 atom stereocenters. The Morgan fingerprint density at radius 1 is 1.07 bits per heavy atom. The van der Waals surface area contributed by atoms with Crippen molar-refractivity contribution in [1.29, 1.82) is 0 Å². The van der Waals surface area contributed by atoms with Crippen LogP contribution in [0.1, 0.15) is 95.0 Å². The highest BCUT2D eigenvalue weighted by Crippen LogP contribution is 2.43. The lowest BCUT2D eigenvalue weighted by atomic mass is 9.83. The molecule has 380 valence electrons. The second-order valence-electron chi connectivity index (χ2n) is 21.2. The number of likely N-dealkylation sites (N-methyl/N-ethyl adjacent to an activating group) is 2. The number of cyclic esters (lactones) is 1. The molecule has 16 nitrogen and oxygen atoms in total. The van der Waals surface area contributed by atoms with E-state index >= 15 is 0 Å². The maximum absolute atomic E-state index is 14.8. The number of ether oxygens (including phenoxy) is 2. The summed E-state index contributed by atoms with van der Waals surface area (Å²) >= 11 is 0. The molecular formula is C55H72N8O8. The number of aryl methyl sites for hydroxylation is 1. The molecule has 16 heteroatoms. The zero-order valence-corrected chi connectivity index (χ0v) is 43.0. The van der Waals surface area contributed by atoms with Crippen LogP contribution in [-0.2, 0) is 65.8 Å². The fraction of sp³-hybridized carbons (Fsp3) is 0.527. The average Bonchev–Trinajstić information content (AvgIpc) is 3.96. The van der Waals surface area contributed by atoms with Gasteiger partial charge in [0.2, 0.25) is 17.7 Å². The molecule has 2 fully saturated rings. The van der Waals surface area contributed by atoms with Gasteiger partial charge in [0.25, 0.3) is 5.91 Å². The van der Waals surface area contributed by atoms with Gasteiger partial charge in [-0.25, -0.2) is 5.43 Å². The number of aromatic hydroxyl groups is 1. The van der Waals surface area contributed by atoms with Crippen LogP contribution in [0.3, 0.4) is 0 Å². The van der Waals surface area contributed by atoms with Crippen molar-refractivity contribution in [3.8, 4) is 28.1 Å². The monoisotopic (exact) mass is 973 g/mol. The largest absolute Gasteiger partial charge is 0.508 e. The van der Waals surface area contributed by atoms with Gasteiger partial charge in [0.1, 0.15) is 23.9 Å². The van der Waals surface area contributed by atoms with Crippen molar-refractivity contribution >= 4 is 40.5 Å². The van der Waals surface area contributed by atoms with Crippen molar-refractivity contribution in [1.82, 2.24) is 40.0 Å². The SMILES string of the molecule is C=CC(=O)N1CC[C@H](C(=O)N(C)C(C(=O)N[C@H]2Cc3cc(O)cc(c3)-c3ccc4c(c3)c(c(-c3cc5c(nc3[C@H](C)OC)CCN(C)C5)n4CC)CC(C)(C)COC(=O)[C@@H]3CCCN(N3)C2=O)C(C)C)C1. The van der Waals surface area contributed by atoms with E-state index in [4.69, 9.17) is 14.5 Å². The van der Waals surface area contributed by atoms with Gasteiger partial charge in [-0.2, -0.15) is 0 Å². The number of fused-ring (bicyclic) bond motifs is 7. The van der Waals surface area contributed by atoms with Crippen LogP contribution < -0.4 is 10.7 Å². The summed E-state index contributed by atoms with van der Waals surface area (Å²) in [5, 5.41) is 16.9. The third-order valence-corrected chi connectivity index (χ3v) is 14.9. The molecule has 1 unspecified atom stereocenters. The lowest BCUT2D eigenvalue weighted by Gasteiger charge is -2.37. The summed E-state index contributed by atoms with van der Waals surface area (Å²) in [7, 11) is 5.43. The molecule has 4 aliphatic heterocycles. The van der Waals surface area contributed by atoms with Gasteiger partial charge >= 0.3 is 5.97 Å². The first-order valence-electron chi connectivity index (χ1n) is 25.3. The van der Waals surface area contributed by atoms with E-state index in [1.807, 2.05) is 32.9 Å². The van der Waals surface area contributed by atoms with Crippen molar-refractivity contribution in [3.63, 3.8) is 0 Å². The lowest BCUT2D eigenvalue weighted by molar-refractivity contribution is -0.155. The van der Waals surface area contributed by atoms with Crippen molar-refractivity contribution in [2.24, 2.45) is 17.3 Å². The Bertz CT molecular complexity index is 2730. The number of hydrazine groups is 1. The van der Waals surface area contributed by atoms with Crippen molar-refractivity contribution in [2.75, 3.05) is 54.0 Å². The maximum atomic E-state index is 14.8. The Kier molecular flexibility index (Phi) is 15.1. The smallest absolute Gasteiger partial charge is 0.324 e. The number of aromatic nitrogens is 2. The highest BCUT2D eigenvalue weighted by Gasteiger charge is 2.40. The van der Waals surface area contributed by atoms with Crippen LogP contribution >= 0.6 is 0 Å². The van der Waals surface area contributed by atoms with E-state index in [1.165, 1.54) is 21.5 Å². The molecule has 3 N–H and O–H groups in total. The second kappa shape index (κ2) is 20.9. The molecule has 2 saturated heterocycles. The van der Waals surface area contributed by atoms with Gasteiger partial charge in [0.15, 0.2) is 0 Å². The van der Waals surface area contributed by atoms with Gasteiger partial charge in [0.05, 0.1) is 30.0 Å². The molecule has 6 bridgehead atoms. The van der Waals surface area contributed by atoms with Crippen LogP contribution in [0.25, 0.3) is 33.3 Å². The van der Waals surface area contributed by atoms with Crippen LogP contribution in [0.4, 0.5) is 0 Å². The number of nitrogens with one attached hydrogen (secondary N) is 2. The van der Waals surface area contributed by atoms with E-state index in [0.29, 0.717) is 44.3 Å². The van der Waals surface area contributed by atoms with E-state index in [0.717, 1.165) is 69.7 Å². The van der Waals surface area contributed by atoms with Gasteiger partial charge in [-0.05, 0) is 117 Å². The van der Waals surface area contributed by atoms with Crippen LogP contribution in [0, 0.1) is 17.3 Å². The third-order valence-electron chi connectivity index (χ3n) is 14.9. The maximum Gasteiger partial charge on any atom is 0.324 e. The van der Waals surface area contributed by atoms with Crippen LogP contribution in [-0.4, -0.2) is 136 Å². The molecule has 71 heavy (non-hydrogen) atoms. The van der Waals surface area contributed by atoms with E-state index in [-0.39, 0.29) is 55.7 Å². The number of benzene rings is 2. The van der Waals surface area contributed by atoms with Gasteiger partial charge in [-0.1, -0.05) is 46.4 Å². The first-order chi connectivity index (χ1) is 33.8. The summed E-state index contributed by atoms with van der Waals surface area (Å²) < 4.78 is 14.5. The summed E-state index contributed by atoms with van der Waals surface area (Å²) in [6, 6.07) is 10.9. The van der Waals surface area contributed by atoms with Crippen LogP contribution in [0.15, 0.2) is 55.1 Å². The number of nitrogens with zero attached hydrogens (tertiary/aromatic N) is 6. The minimum atomic E-state index is -1.17. The molecule has 4 amide bonds.